The molecule has 0 unspecified atom stereocenters. The molecule has 0 N–H and O–H groups in total. The van der Waals surface area contributed by atoms with Crippen LogP contribution >= 0.6 is 0 Å². The van der Waals surface area contributed by atoms with Crippen LogP contribution in [0.3, 0.4) is 0 Å². The average molecular weight is 415 g/mol. The fourth-order valence-electron chi connectivity index (χ4n) is 3.49. The number of rotatable bonds is 7. The summed E-state index contributed by atoms with van der Waals surface area (Å²) in [5.41, 5.74) is 2.88. The second-order valence-corrected chi connectivity index (χ2v) is 7.05. The van der Waals surface area contributed by atoms with E-state index in [1.54, 1.807) is 21.3 Å². The van der Waals surface area contributed by atoms with Gasteiger partial charge in [0.05, 0.1) is 26.7 Å². The van der Waals surface area contributed by atoms with Crippen molar-refractivity contribution in [3.63, 3.8) is 0 Å². The quantitative estimate of drug-likeness (QED) is 0.413. The molecule has 31 heavy (non-hydrogen) atoms. The molecule has 0 atom stereocenters. The monoisotopic (exact) mass is 415 g/mol. The second kappa shape index (κ2) is 9.39. The van der Waals surface area contributed by atoms with Crippen molar-refractivity contribution >= 4 is 11.0 Å². The summed E-state index contributed by atoms with van der Waals surface area (Å²) in [5.74, 6) is 2.79. The van der Waals surface area contributed by atoms with E-state index in [9.17, 15) is 0 Å². The number of fused-ring (bicyclic) bond motifs is 1. The maximum atomic E-state index is 6.21. The van der Waals surface area contributed by atoms with Gasteiger partial charge in [0.15, 0.2) is 11.5 Å². The minimum Gasteiger partial charge on any atom is -0.497 e. The van der Waals surface area contributed by atoms with Crippen molar-refractivity contribution in [3.05, 3.63) is 83.7 Å². The molecule has 0 bridgehead atoms. The Morgan fingerprint density at radius 2 is 1.58 bits per heavy atom. The van der Waals surface area contributed by atoms with Gasteiger partial charge >= 0.3 is 0 Å². The third kappa shape index (κ3) is 4.56. The summed E-state index contributed by atoms with van der Waals surface area (Å²) in [4.78, 5) is 4.90. The van der Waals surface area contributed by atoms with Crippen LogP contribution in [0.15, 0.2) is 82.2 Å². The van der Waals surface area contributed by atoms with Gasteiger partial charge in [-0.2, -0.15) is 0 Å². The van der Waals surface area contributed by atoms with Gasteiger partial charge in [-0.3, -0.25) is 4.99 Å². The third-order valence-corrected chi connectivity index (χ3v) is 5.14. The molecule has 1 aromatic heterocycles. The SMILES string of the molecule is COc1ccc2oc(-c3ccc(OC)c(OC)c3)cc(=NCCc3ccccc3)c2c1. The van der Waals surface area contributed by atoms with Crippen LogP contribution in [-0.4, -0.2) is 27.9 Å². The zero-order valence-corrected chi connectivity index (χ0v) is 17.9. The maximum absolute atomic E-state index is 6.21. The minimum atomic E-state index is 0.646. The number of benzene rings is 3. The van der Waals surface area contributed by atoms with Crippen LogP contribution in [-0.2, 0) is 6.42 Å². The van der Waals surface area contributed by atoms with Gasteiger partial charge in [-0.15, -0.1) is 0 Å². The molecule has 5 nitrogen and oxygen atoms in total. The number of hydrogen-bond acceptors (Lipinski definition) is 5. The Bertz CT molecular complexity index is 1250. The van der Waals surface area contributed by atoms with E-state index in [0.29, 0.717) is 23.8 Å². The molecule has 3 aromatic carbocycles. The van der Waals surface area contributed by atoms with Crippen molar-refractivity contribution in [2.24, 2.45) is 4.99 Å². The normalized spacial score (nSPS) is 11.5. The van der Waals surface area contributed by atoms with Crippen LogP contribution < -0.4 is 19.6 Å². The summed E-state index contributed by atoms with van der Waals surface area (Å²) in [6.45, 7) is 0.672. The molecule has 0 aliphatic carbocycles. The van der Waals surface area contributed by atoms with E-state index in [4.69, 9.17) is 23.6 Å². The van der Waals surface area contributed by atoms with E-state index in [1.165, 1.54) is 5.56 Å². The van der Waals surface area contributed by atoms with Crippen molar-refractivity contribution in [1.82, 2.24) is 0 Å². The summed E-state index contributed by atoms with van der Waals surface area (Å²) >= 11 is 0. The Hall–Kier alpha value is -3.73. The second-order valence-electron chi connectivity index (χ2n) is 7.05. The highest BCUT2D eigenvalue weighted by Gasteiger charge is 2.11. The molecule has 4 aromatic rings. The molecule has 0 saturated carbocycles. The van der Waals surface area contributed by atoms with E-state index in [-0.39, 0.29) is 0 Å². The molecule has 0 spiro atoms. The van der Waals surface area contributed by atoms with Crippen LogP contribution in [0.2, 0.25) is 0 Å². The predicted octanol–water partition coefficient (Wildman–Crippen LogP) is 5.27. The molecule has 4 rings (SSSR count). The van der Waals surface area contributed by atoms with Gasteiger partial charge in [-0.1, -0.05) is 30.3 Å². The number of nitrogens with zero attached hydrogens (tertiary/aromatic N) is 1. The standard InChI is InChI=1S/C26H25NO4/c1-28-20-10-12-23-21(16-20)22(27-14-13-18-7-5-4-6-8-18)17-25(31-23)19-9-11-24(29-2)26(15-19)30-3/h4-12,15-17H,13-14H2,1-3H3. The van der Waals surface area contributed by atoms with Crippen molar-refractivity contribution in [3.8, 4) is 28.6 Å². The van der Waals surface area contributed by atoms with Crippen molar-refractivity contribution in [2.45, 2.75) is 6.42 Å². The fourth-order valence-corrected chi connectivity index (χ4v) is 3.49. The molecule has 0 fully saturated rings. The first-order chi connectivity index (χ1) is 15.2. The summed E-state index contributed by atoms with van der Waals surface area (Å²) < 4.78 is 22.4. The van der Waals surface area contributed by atoms with Gasteiger partial charge in [-0.25, -0.2) is 0 Å². The first kappa shape index (κ1) is 20.5. The van der Waals surface area contributed by atoms with Gasteiger partial charge in [0, 0.05) is 23.6 Å². The van der Waals surface area contributed by atoms with Crippen molar-refractivity contribution in [1.29, 1.82) is 0 Å². The van der Waals surface area contributed by atoms with Crippen LogP contribution in [0.5, 0.6) is 17.2 Å². The molecule has 0 radical (unpaired) electrons. The molecule has 1 heterocycles. The van der Waals surface area contributed by atoms with E-state index in [0.717, 1.165) is 34.1 Å². The lowest BCUT2D eigenvalue weighted by atomic mass is 10.1. The maximum Gasteiger partial charge on any atom is 0.161 e. The summed E-state index contributed by atoms with van der Waals surface area (Å²) in [7, 11) is 4.90. The third-order valence-electron chi connectivity index (χ3n) is 5.14. The average Bonchev–Trinajstić information content (AvgIpc) is 2.83. The summed E-state index contributed by atoms with van der Waals surface area (Å²) in [5, 5.41) is 1.78. The lowest BCUT2D eigenvalue weighted by Gasteiger charge is -2.10. The number of hydrogen-bond donors (Lipinski definition) is 0. The molecule has 0 aliphatic rings. The molecule has 0 saturated heterocycles. The topological polar surface area (TPSA) is 53.2 Å². The van der Waals surface area contributed by atoms with E-state index in [1.807, 2.05) is 60.7 Å². The predicted molar refractivity (Wildman–Crippen MR) is 122 cm³/mol. The van der Waals surface area contributed by atoms with Gasteiger partial charge in [0.25, 0.3) is 0 Å². The van der Waals surface area contributed by atoms with Crippen LogP contribution in [0.1, 0.15) is 5.56 Å². The molecule has 0 amide bonds. The number of ether oxygens (including phenoxy) is 3. The summed E-state index contributed by atoms with van der Waals surface area (Å²) in [6, 6.07) is 23.8. The summed E-state index contributed by atoms with van der Waals surface area (Å²) in [6.07, 6.45) is 0.865. The van der Waals surface area contributed by atoms with Crippen molar-refractivity contribution < 1.29 is 18.6 Å². The van der Waals surface area contributed by atoms with Gasteiger partial charge in [0.2, 0.25) is 0 Å². The van der Waals surface area contributed by atoms with Crippen molar-refractivity contribution in [2.75, 3.05) is 27.9 Å². The van der Waals surface area contributed by atoms with E-state index >= 15 is 0 Å². The Morgan fingerprint density at radius 1 is 0.774 bits per heavy atom. The highest BCUT2D eigenvalue weighted by Crippen LogP contribution is 2.33. The Kier molecular flexibility index (Phi) is 6.22. The lowest BCUT2D eigenvalue weighted by molar-refractivity contribution is 0.355. The first-order valence-electron chi connectivity index (χ1n) is 10.1. The lowest BCUT2D eigenvalue weighted by Crippen LogP contribution is -2.06. The van der Waals surface area contributed by atoms with Gasteiger partial charge < -0.3 is 18.6 Å². The van der Waals surface area contributed by atoms with Gasteiger partial charge in [-0.05, 0) is 48.4 Å². The molecule has 5 heteroatoms. The highest BCUT2D eigenvalue weighted by atomic mass is 16.5. The minimum absolute atomic E-state index is 0.646. The van der Waals surface area contributed by atoms with Crippen LogP contribution in [0.4, 0.5) is 0 Å². The van der Waals surface area contributed by atoms with Gasteiger partial charge in [0.1, 0.15) is 17.1 Å². The molecule has 0 aliphatic heterocycles. The molecule has 158 valence electrons. The zero-order chi connectivity index (χ0) is 21.6. The fraction of sp³-hybridized carbons (Fsp3) is 0.192. The Morgan fingerprint density at radius 3 is 2.32 bits per heavy atom. The van der Waals surface area contributed by atoms with E-state index in [2.05, 4.69) is 12.1 Å². The Labute approximate surface area is 181 Å². The number of methoxy groups -OCH3 is 3. The largest absolute Gasteiger partial charge is 0.497 e. The first-order valence-corrected chi connectivity index (χ1v) is 10.1. The zero-order valence-electron chi connectivity index (χ0n) is 17.9. The Balaban J connectivity index is 1.80. The molecular weight excluding hydrogens is 390 g/mol. The smallest absolute Gasteiger partial charge is 0.161 e. The van der Waals surface area contributed by atoms with Crippen LogP contribution in [0.25, 0.3) is 22.3 Å². The van der Waals surface area contributed by atoms with Crippen LogP contribution in [0, 0.1) is 0 Å². The molecular formula is C26H25NO4. The van der Waals surface area contributed by atoms with E-state index < -0.39 is 0 Å². The highest BCUT2D eigenvalue weighted by molar-refractivity contribution is 5.80.